The average Bonchev–Trinajstić information content (AvgIpc) is 2.76. The standard InChI is InChI=1S/C12H12BrN3O2/c1-14-11(17)10-9(13)12(18-2)16(15-10)8-6-4-3-5-7-8/h3-7H,1-2H3,(H,14,17). The molecule has 1 heterocycles. The second kappa shape index (κ2) is 5.22. The molecule has 0 fully saturated rings. The molecule has 2 aromatic rings. The lowest BCUT2D eigenvalue weighted by molar-refractivity contribution is 0.0957. The fraction of sp³-hybridized carbons (Fsp3) is 0.167. The molecule has 18 heavy (non-hydrogen) atoms. The van der Waals surface area contributed by atoms with Crippen molar-refractivity contribution in [2.24, 2.45) is 0 Å². The van der Waals surface area contributed by atoms with E-state index in [9.17, 15) is 4.79 Å². The molecule has 1 N–H and O–H groups in total. The number of nitrogens with zero attached hydrogens (tertiary/aromatic N) is 2. The van der Waals surface area contributed by atoms with Gasteiger partial charge in [-0.3, -0.25) is 4.79 Å². The molecule has 0 aliphatic heterocycles. The third-order valence-corrected chi connectivity index (χ3v) is 3.14. The van der Waals surface area contributed by atoms with Gasteiger partial charge in [-0.15, -0.1) is 0 Å². The minimum atomic E-state index is -0.269. The van der Waals surface area contributed by atoms with E-state index in [0.29, 0.717) is 16.0 Å². The molecule has 0 unspecified atom stereocenters. The summed E-state index contributed by atoms with van der Waals surface area (Å²) in [7, 11) is 3.09. The van der Waals surface area contributed by atoms with Crippen molar-refractivity contribution in [3.8, 4) is 11.6 Å². The van der Waals surface area contributed by atoms with Crippen molar-refractivity contribution in [3.63, 3.8) is 0 Å². The second-order valence-corrected chi connectivity index (χ2v) is 4.29. The van der Waals surface area contributed by atoms with E-state index in [1.807, 2.05) is 30.3 Å². The third-order valence-electron chi connectivity index (χ3n) is 2.42. The van der Waals surface area contributed by atoms with Crippen molar-refractivity contribution in [1.82, 2.24) is 15.1 Å². The Morgan fingerprint density at radius 3 is 2.61 bits per heavy atom. The van der Waals surface area contributed by atoms with Crippen LogP contribution in [0.1, 0.15) is 10.5 Å². The molecule has 0 aliphatic rings. The van der Waals surface area contributed by atoms with Crippen molar-refractivity contribution in [3.05, 3.63) is 40.5 Å². The molecule has 0 aliphatic carbocycles. The van der Waals surface area contributed by atoms with E-state index < -0.39 is 0 Å². The summed E-state index contributed by atoms with van der Waals surface area (Å²) in [4.78, 5) is 11.7. The molecule has 0 atom stereocenters. The highest BCUT2D eigenvalue weighted by Gasteiger charge is 2.21. The predicted molar refractivity (Wildman–Crippen MR) is 71.2 cm³/mol. The Labute approximate surface area is 113 Å². The molecular formula is C12H12BrN3O2. The van der Waals surface area contributed by atoms with E-state index >= 15 is 0 Å². The lowest BCUT2D eigenvalue weighted by atomic mass is 10.3. The van der Waals surface area contributed by atoms with E-state index in [-0.39, 0.29) is 5.91 Å². The van der Waals surface area contributed by atoms with Crippen molar-refractivity contribution in [2.75, 3.05) is 14.2 Å². The first kappa shape index (κ1) is 12.6. The Hall–Kier alpha value is -1.82. The van der Waals surface area contributed by atoms with E-state index in [0.717, 1.165) is 5.69 Å². The van der Waals surface area contributed by atoms with Crippen LogP contribution in [-0.4, -0.2) is 29.8 Å². The molecule has 2 rings (SSSR count). The maximum atomic E-state index is 11.7. The number of hydrogen-bond acceptors (Lipinski definition) is 3. The van der Waals surface area contributed by atoms with Crippen LogP contribution in [-0.2, 0) is 0 Å². The SMILES string of the molecule is CNC(=O)c1nn(-c2ccccc2)c(OC)c1Br. The summed E-state index contributed by atoms with van der Waals surface area (Å²) >= 11 is 3.33. The van der Waals surface area contributed by atoms with Gasteiger partial charge in [-0.25, -0.2) is 0 Å². The van der Waals surface area contributed by atoms with E-state index in [1.54, 1.807) is 11.7 Å². The van der Waals surface area contributed by atoms with Crippen LogP contribution in [0.3, 0.4) is 0 Å². The monoisotopic (exact) mass is 309 g/mol. The van der Waals surface area contributed by atoms with Crippen molar-refractivity contribution < 1.29 is 9.53 Å². The number of aromatic nitrogens is 2. The van der Waals surface area contributed by atoms with E-state index in [4.69, 9.17) is 4.74 Å². The maximum Gasteiger partial charge on any atom is 0.272 e. The molecule has 0 saturated carbocycles. The molecule has 0 spiro atoms. The van der Waals surface area contributed by atoms with Crippen LogP contribution in [0.15, 0.2) is 34.8 Å². The quantitative estimate of drug-likeness (QED) is 0.943. The third kappa shape index (κ3) is 2.11. The number of methoxy groups -OCH3 is 1. The minimum Gasteiger partial charge on any atom is -0.480 e. The van der Waals surface area contributed by atoms with Crippen LogP contribution >= 0.6 is 15.9 Å². The highest BCUT2D eigenvalue weighted by atomic mass is 79.9. The molecule has 0 radical (unpaired) electrons. The van der Waals surface area contributed by atoms with Gasteiger partial charge in [0.2, 0.25) is 5.88 Å². The normalized spacial score (nSPS) is 10.2. The Bertz CT molecular complexity index is 566. The van der Waals surface area contributed by atoms with Gasteiger partial charge in [0, 0.05) is 7.05 Å². The summed E-state index contributed by atoms with van der Waals surface area (Å²) in [5, 5.41) is 6.79. The highest BCUT2D eigenvalue weighted by molar-refractivity contribution is 9.10. The van der Waals surface area contributed by atoms with Gasteiger partial charge in [-0.05, 0) is 28.1 Å². The van der Waals surface area contributed by atoms with Gasteiger partial charge in [-0.1, -0.05) is 18.2 Å². The zero-order valence-corrected chi connectivity index (χ0v) is 11.6. The number of nitrogens with one attached hydrogen (secondary N) is 1. The van der Waals surface area contributed by atoms with E-state index in [1.165, 1.54) is 7.11 Å². The van der Waals surface area contributed by atoms with Crippen molar-refractivity contribution in [2.45, 2.75) is 0 Å². The lowest BCUT2D eigenvalue weighted by Gasteiger charge is -2.05. The largest absolute Gasteiger partial charge is 0.480 e. The fourth-order valence-electron chi connectivity index (χ4n) is 1.57. The number of carbonyl (C=O) groups excluding carboxylic acids is 1. The maximum absolute atomic E-state index is 11.7. The van der Waals surface area contributed by atoms with Crippen LogP contribution in [0.5, 0.6) is 5.88 Å². The first-order valence-electron chi connectivity index (χ1n) is 5.29. The number of halogens is 1. The molecule has 1 amide bonds. The molecule has 5 nitrogen and oxygen atoms in total. The summed E-state index contributed by atoms with van der Waals surface area (Å²) in [6.45, 7) is 0. The smallest absolute Gasteiger partial charge is 0.272 e. The Morgan fingerprint density at radius 2 is 2.06 bits per heavy atom. The average molecular weight is 310 g/mol. The van der Waals surface area contributed by atoms with Gasteiger partial charge in [0.15, 0.2) is 5.69 Å². The van der Waals surface area contributed by atoms with Gasteiger partial charge in [0.25, 0.3) is 5.91 Å². The lowest BCUT2D eigenvalue weighted by Crippen LogP contribution is -2.19. The number of ether oxygens (including phenoxy) is 1. The van der Waals surface area contributed by atoms with Crippen LogP contribution in [0, 0.1) is 0 Å². The number of para-hydroxylation sites is 1. The van der Waals surface area contributed by atoms with Crippen molar-refractivity contribution >= 4 is 21.8 Å². The molecule has 94 valence electrons. The summed E-state index contributed by atoms with van der Waals surface area (Å²) < 4.78 is 7.39. The fourth-order valence-corrected chi connectivity index (χ4v) is 2.16. The van der Waals surface area contributed by atoms with Gasteiger partial charge < -0.3 is 10.1 Å². The second-order valence-electron chi connectivity index (χ2n) is 3.50. The van der Waals surface area contributed by atoms with Crippen LogP contribution in [0.25, 0.3) is 5.69 Å². The van der Waals surface area contributed by atoms with Gasteiger partial charge in [0.05, 0.1) is 12.8 Å². The van der Waals surface area contributed by atoms with Crippen LogP contribution < -0.4 is 10.1 Å². The van der Waals surface area contributed by atoms with E-state index in [2.05, 4.69) is 26.3 Å². The number of carbonyl (C=O) groups is 1. The van der Waals surface area contributed by atoms with Crippen LogP contribution in [0.2, 0.25) is 0 Å². The summed E-state index contributed by atoms with van der Waals surface area (Å²) in [5.74, 6) is 0.217. The summed E-state index contributed by atoms with van der Waals surface area (Å²) in [5.41, 5.74) is 1.11. The number of rotatable bonds is 3. The molecule has 1 aromatic heterocycles. The number of benzene rings is 1. The topological polar surface area (TPSA) is 56.2 Å². The highest BCUT2D eigenvalue weighted by Crippen LogP contribution is 2.30. The Balaban J connectivity index is 2.58. The molecule has 0 bridgehead atoms. The Kier molecular flexibility index (Phi) is 3.66. The first-order chi connectivity index (χ1) is 8.69. The number of amides is 1. The predicted octanol–water partition coefficient (Wildman–Crippen LogP) is 2.00. The van der Waals surface area contributed by atoms with Crippen LogP contribution in [0.4, 0.5) is 0 Å². The van der Waals surface area contributed by atoms with Gasteiger partial charge in [0.1, 0.15) is 4.47 Å². The van der Waals surface area contributed by atoms with Gasteiger partial charge >= 0.3 is 0 Å². The molecule has 6 heteroatoms. The molecule has 0 saturated heterocycles. The number of hydrogen-bond donors (Lipinski definition) is 1. The Morgan fingerprint density at radius 1 is 1.39 bits per heavy atom. The van der Waals surface area contributed by atoms with Gasteiger partial charge in [-0.2, -0.15) is 9.78 Å². The molecule has 1 aromatic carbocycles. The summed E-state index contributed by atoms with van der Waals surface area (Å²) in [6.07, 6.45) is 0. The zero-order chi connectivity index (χ0) is 13.1. The van der Waals surface area contributed by atoms with Crippen molar-refractivity contribution in [1.29, 1.82) is 0 Å². The minimum absolute atomic E-state index is 0.269. The zero-order valence-electron chi connectivity index (χ0n) is 9.98. The summed E-state index contributed by atoms with van der Waals surface area (Å²) in [6, 6.07) is 9.47. The molecular weight excluding hydrogens is 298 g/mol. The first-order valence-corrected chi connectivity index (χ1v) is 6.08.